The molecule has 0 atom stereocenters. The Labute approximate surface area is 102 Å². The van der Waals surface area contributed by atoms with E-state index in [1.165, 1.54) is 22.4 Å². The van der Waals surface area contributed by atoms with Crippen LogP contribution in [0, 0.1) is 13.8 Å². The number of hydrogen-bond acceptors (Lipinski definition) is 2. The third-order valence-electron chi connectivity index (χ3n) is 3.10. The van der Waals surface area contributed by atoms with Crippen molar-refractivity contribution < 1.29 is 0 Å². The summed E-state index contributed by atoms with van der Waals surface area (Å²) in [4.78, 5) is 0. The molecule has 0 fully saturated rings. The van der Waals surface area contributed by atoms with Crippen LogP contribution in [-0.2, 0) is 13.1 Å². The Bertz CT molecular complexity index is 500. The van der Waals surface area contributed by atoms with Gasteiger partial charge in [-0.25, -0.2) is 0 Å². The first kappa shape index (κ1) is 11.7. The van der Waals surface area contributed by atoms with Crippen molar-refractivity contribution in [3.05, 3.63) is 47.3 Å². The van der Waals surface area contributed by atoms with Crippen LogP contribution in [0.15, 0.2) is 30.6 Å². The number of nitrogens with zero attached hydrogens (tertiary/aromatic N) is 2. The molecular formula is C14H19N3. The summed E-state index contributed by atoms with van der Waals surface area (Å²) in [5.41, 5.74) is 5.05. The van der Waals surface area contributed by atoms with Crippen molar-refractivity contribution in [2.45, 2.75) is 33.9 Å². The van der Waals surface area contributed by atoms with Gasteiger partial charge in [0, 0.05) is 30.5 Å². The van der Waals surface area contributed by atoms with Crippen LogP contribution in [-0.4, -0.2) is 9.78 Å². The van der Waals surface area contributed by atoms with Crippen LogP contribution in [0.1, 0.15) is 23.6 Å². The van der Waals surface area contributed by atoms with Crippen LogP contribution in [0.5, 0.6) is 0 Å². The second kappa shape index (κ2) is 5.04. The van der Waals surface area contributed by atoms with Gasteiger partial charge in [0.2, 0.25) is 0 Å². The lowest BCUT2D eigenvalue weighted by molar-refractivity contribution is 0.659. The molecule has 1 aromatic carbocycles. The van der Waals surface area contributed by atoms with E-state index in [0.29, 0.717) is 0 Å². The van der Waals surface area contributed by atoms with Gasteiger partial charge < -0.3 is 5.32 Å². The fourth-order valence-electron chi connectivity index (χ4n) is 1.81. The molecule has 1 N–H and O–H groups in total. The Morgan fingerprint density at radius 1 is 1.29 bits per heavy atom. The second-order valence-corrected chi connectivity index (χ2v) is 4.31. The summed E-state index contributed by atoms with van der Waals surface area (Å²) in [5.74, 6) is 0. The number of hydrogen-bond donors (Lipinski definition) is 1. The highest BCUT2D eigenvalue weighted by molar-refractivity contribution is 5.53. The van der Waals surface area contributed by atoms with E-state index < -0.39 is 0 Å². The maximum absolute atomic E-state index is 4.26. The van der Waals surface area contributed by atoms with E-state index in [2.05, 4.69) is 55.6 Å². The second-order valence-electron chi connectivity index (χ2n) is 4.31. The van der Waals surface area contributed by atoms with Crippen molar-refractivity contribution in [1.82, 2.24) is 9.78 Å². The van der Waals surface area contributed by atoms with Crippen molar-refractivity contribution in [3.8, 4) is 0 Å². The topological polar surface area (TPSA) is 29.9 Å². The predicted molar refractivity (Wildman–Crippen MR) is 71.1 cm³/mol. The lowest BCUT2D eigenvalue weighted by Gasteiger charge is -2.10. The molecule has 0 aliphatic carbocycles. The van der Waals surface area contributed by atoms with Gasteiger partial charge in [-0.3, -0.25) is 4.68 Å². The lowest BCUT2D eigenvalue weighted by atomic mass is 10.1. The zero-order valence-corrected chi connectivity index (χ0v) is 10.7. The van der Waals surface area contributed by atoms with E-state index in [1.807, 2.05) is 10.9 Å². The van der Waals surface area contributed by atoms with Gasteiger partial charge in [0.25, 0.3) is 0 Å². The van der Waals surface area contributed by atoms with Crippen LogP contribution in [0.2, 0.25) is 0 Å². The number of aromatic nitrogens is 2. The third-order valence-corrected chi connectivity index (χ3v) is 3.10. The minimum Gasteiger partial charge on any atom is -0.381 e. The van der Waals surface area contributed by atoms with Crippen molar-refractivity contribution in [2.24, 2.45) is 0 Å². The monoisotopic (exact) mass is 229 g/mol. The molecule has 0 amide bonds. The molecule has 2 aromatic rings. The normalized spacial score (nSPS) is 10.5. The zero-order chi connectivity index (χ0) is 12.3. The Morgan fingerprint density at radius 3 is 2.82 bits per heavy atom. The van der Waals surface area contributed by atoms with Gasteiger partial charge in [-0.05, 0) is 38.0 Å². The van der Waals surface area contributed by atoms with Gasteiger partial charge in [-0.1, -0.05) is 12.1 Å². The molecule has 1 heterocycles. The molecular weight excluding hydrogens is 210 g/mol. The largest absolute Gasteiger partial charge is 0.381 e. The fourth-order valence-corrected chi connectivity index (χ4v) is 1.81. The molecule has 3 heteroatoms. The summed E-state index contributed by atoms with van der Waals surface area (Å²) in [5, 5.41) is 7.72. The summed E-state index contributed by atoms with van der Waals surface area (Å²) in [6, 6.07) is 6.34. The Morgan fingerprint density at radius 2 is 2.12 bits per heavy atom. The number of rotatable bonds is 4. The number of benzene rings is 1. The number of aryl methyl sites for hydroxylation is 2. The average Bonchev–Trinajstić information content (AvgIpc) is 2.79. The smallest absolute Gasteiger partial charge is 0.0539 e. The number of anilines is 1. The van der Waals surface area contributed by atoms with Gasteiger partial charge in [0.15, 0.2) is 0 Å². The Kier molecular flexibility index (Phi) is 3.47. The van der Waals surface area contributed by atoms with E-state index in [-0.39, 0.29) is 0 Å². The molecule has 0 bridgehead atoms. The van der Waals surface area contributed by atoms with Gasteiger partial charge in [0.1, 0.15) is 0 Å². The van der Waals surface area contributed by atoms with E-state index in [1.54, 1.807) is 0 Å². The van der Waals surface area contributed by atoms with Crippen molar-refractivity contribution in [3.63, 3.8) is 0 Å². The third kappa shape index (κ3) is 2.67. The molecule has 0 spiro atoms. The quantitative estimate of drug-likeness (QED) is 0.873. The highest BCUT2D eigenvalue weighted by atomic mass is 15.3. The van der Waals surface area contributed by atoms with Crippen molar-refractivity contribution in [2.75, 3.05) is 5.32 Å². The molecule has 17 heavy (non-hydrogen) atoms. The molecule has 0 radical (unpaired) electrons. The van der Waals surface area contributed by atoms with Crippen LogP contribution in [0.3, 0.4) is 0 Å². The maximum Gasteiger partial charge on any atom is 0.0539 e. The van der Waals surface area contributed by atoms with Gasteiger partial charge >= 0.3 is 0 Å². The average molecular weight is 229 g/mol. The SMILES string of the molecule is CCn1cc(CNc2cccc(C)c2C)cn1. The predicted octanol–water partition coefficient (Wildman–Crippen LogP) is 3.13. The fraction of sp³-hybridized carbons (Fsp3) is 0.357. The molecule has 0 aliphatic heterocycles. The van der Waals surface area contributed by atoms with Crippen LogP contribution >= 0.6 is 0 Å². The van der Waals surface area contributed by atoms with Crippen LogP contribution in [0.4, 0.5) is 5.69 Å². The summed E-state index contributed by atoms with van der Waals surface area (Å²) in [6.45, 7) is 8.12. The summed E-state index contributed by atoms with van der Waals surface area (Å²) in [6.07, 6.45) is 4.00. The molecule has 90 valence electrons. The number of nitrogens with one attached hydrogen (secondary N) is 1. The van der Waals surface area contributed by atoms with Crippen molar-refractivity contribution in [1.29, 1.82) is 0 Å². The minimum absolute atomic E-state index is 0.824. The van der Waals surface area contributed by atoms with E-state index in [4.69, 9.17) is 0 Å². The maximum atomic E-state index is 4.26. The Balaban J connectivity index is 2.04. The van der Waals surface area contributed by atoms with Gasteiger partial charge in [-0.2, -0.15) is 5.10 Å². The summed E-state index contributed by atoms with van der Waals surface area (Å²) >= 11 is 0. The van der Waals surface area contributed by atoms with Gasteiger partial charge in [-0.15, -0.1) is 0 Å². The van der Waals surface area contributed by atoms with E-state index in [0.717, 1.165) is 13.1 Å². The lowest BCUT2D eigenvalue weighted by Crippen LogP contribution is -2.01. The summed E-state index contributed by atoms with van der Waals surface area (Å²) in [7, 11) is 0. The molecule has 0 unspecified atom stereocenters. The first-order valence-corrected chi connectivity index (χ1v) is 6.02. The van der Waals surface area contributed by atoms with Crippen molar-refractivity contribution >= 4 is 5.69 Å². The molecule has 0 aliphatic rings. The first-order chi connectivity index (χ1) is 8.20. The van der Waals surface area contributed by atoms with Crippen LogP contribution in [0.25, 0.3) is 0 Å². The highest BCUT2D eigenvalue weighted by Gasteiger charge is 2.01. The van der Waals surface area contributed by atoms with Gasteiger partial charge in [0.05, 0.1) is 6.20 Å². The molecule has 0 saturated heterocycles. The minimum atomic E-state index is 0.824. The highest BCUT2D eigenvalue weighted by Crippen LogP contribution is 2.18. The Hall–Kier alpha value is -1.77. The molecule has 1 aromatic heterocycles. The standard InChI is InChI=1S/C14H19N3/c1-4-17-10-13(9-16-17)8-15-14-7-5-6-11(2)12(14)3/h5-7,9-10,15H,4,8H2,1-3H3. The van der Waals surface area contributed by atoms with Crippen LogP contribution < -0.4 is 5.32 Å². The molecule has 0 saturated carbocycles. The molecule has 3 nitrogen and oxygen atoms in total. The van der Waals surface area contributed by atoms with E-state index in [9.17, 15) is 0 Å². The zero-order valence-electron chi connectivity index (χ0n) is 10.7. The first-order valence-electron chi connectivity index (χ1n) is 6.02. The van der Waals surface area contributed by atoms with E-state index >= 15 is 0 Å². The molecule has 2 rings (SSSR count). The summed E-state index contributed by atoms with van der Waals surface area (Å²) < 4.78 is 1.94.